The van der Waals surface area contributed by atoms with Crippen LogP contribution in [0.2, 0.25) is 5.02 Å². The maximum absolute atomic E-state index is 11.9. The molecule has 0 unspecified atom stereocenters. The van der Waals surface area contributed by atoms with Crippen LogP contribution in [0.1, 0.15) is 19.3 Å². The van der Waals surface area contributed by atoms with Gasteiger partial charge in [0.15, 0.2) is 0 Å². The third-order valence-corrected chi connectivity index (χ3v) is 6.64. The maximum Gasteiger partial charge on any atom is 0.250 e. The summed E-state index contributed by atoms with van der Waals surface area (Å²) in [5, 5.41) is 0.397. The Balaban J connectivity index is 2.48. The molecule has 0 aliphatic rings. The summed E-state index contributed by atoms with van der Waals surface area (Å²) in [7, 11) is -3.47. The van der Waals surface area contributed by atoms with Gasteiger partial charge in [-0.3, -0.25) is 0 Å². The Labute approximate surface area is 129 Å². The highest BCUT2D eigenvalue weighted by Crippen LogP contribution is 2.34. The number of thiocarbonyl (C=S) groups is 1. The molecule has 0 bridgehead atoms. The Morgan fingerprint density at radius 1 is 1.56 bits per heavy atom. The number of hydrogen-bond acceptors (Lipinski definition) is 4. The summed E-state index contributed by atoms with van der Waals surface area (Å²) in [6.07, 6.45) is 2.09. The summed E-state index contributed by atoms with van der Waals surface area (Å²) in [5.41, 5.74) is 5.35. The molecule has 0 amide bonds. The molecule has 0 radical (unpaired) electrons. The monoisotopic (exact) mass is 390 g/mol. The van der Waals surface area contributed by atoms with Crippen LogP contribution in [0, 0.1) is 0 Å². The minimum Gasteiger partial charge on any atom is -0.393 e. The summed E-state index contributed by atoms with van der Waals surface area (Å²) in [6, 6.07) is 1.42. The van der Waals surface area contributed by atoms with Gasteiger partial charge in [0, 0.05) is 6.54 Å². The molecule has 0 aliphatic heterocycles. The van der Waals surface area contributed by atoms with E-state index in [2.05, 4.69) is 20.7 Å². The molecular formula is C9H12BrClN2O2S3. The van der Waals surface area contributed by atoms with Crippen LogP contribution < -0.4 is 10.5 Å². The molecule has 0 aliphatic carbocycles. The van der Waals surface area contributed by atoms with Gasteiger partial charge in [-0.1, -0.05) is 23.8 Å². The Hall–Kier alpha value is 0.270. The molecule has 0 aromatic carbocycles. The molecule has 1 rings (SSSR count). The van der Waals surface area contributed by atoms with E-state index in [0.29, 0.717) is 33.2 Å². The molecule has 4 nitrogen and oxygen atoms in total. The highest BCUT2D eigenvalue weighted by atomic mass is 79.9. The van der Waals surface area contributed by atoms with Gasteiger partial charge in [-0.15, -0.1) is 11.3 Å². The average molecular weight is 392 g/mol. The van der Waals surface area contributed by atoms with Gasteiger partial charge in [0.2, 0.25) is 10.0 Å². The summed E-state index contributed by atoms with van der Waals surface area (Å²) >= 11 is 14.8. The van der Waals surface area contributed by atoms with Crippen molar-refractivity contribution in [1.29, 1.82) is 0 Å². The molecule has 3 N–H and O–H groups in total. The van der Waals surface area contributed by atoms with Crippen molar-refractivity contribution in [2.45, 2.75) is 23.5 Å². The Morgan fingerprint density at radius 3 is 2.72 bits per heavy atom. The van der Waals surface area contributed by atoms with Gasteiger partial charge < -0.3 is 5.73 Å². The highest BCUT2D eigenvalue weighted by Gasteiger charge is 2.18. The van der Waals surface area contributed by atoms with Crippen molar-refractivity contribution in [2.75, 3.05) is 6.54 Å². The number of unbranched alkanes of at least 4 members (excludes halogenated alkanes) is 1. The first kappa shape index (κ1) is 16.3. The third kappa shape index (κ3) is 5.10. The van der Waals surface area contributed by atoms with E-state index in [1.54, 1.807) is 0 Å². The zero-order valence-corrected chi connectivity index (χ0v) is 14.1. The summed E-state index contributed by atoms with van der Waals surface area (Å²) in [5.74, 6) is 0. The van der Waals surface area contributed by atoms with Gasteiger partial charge in [0.25, 0.3) is 0 Å². The number of nitrogens with two attached hydrogens (primary N) is 1. The summed E-state index contributed by atoms with van der Waals surface area (Å²) in [4.78, 5) is 0.451. The van der Waals surface area contributed by atoms with Crippen molar-refractivity contribution in [2.24, 2.45) is 5.73 Å². The van der Waals surface area contributed by atoms with Crippen LogP contribution >= 0.6 is 51.1 Å². The Morgan fingerprint density at radius 2 is 2.22 bits per heavy atom. The van der Waals surface area contributed by atoms with Crippen LogP contribution in [-0.2, 0) is 10.0 Å². The van der Waals surface area contributed by atoms with Gasteiger partial charge in [-0.2, -0.15) is 0 Å². The SMILES string of the molecule is NC(=S)CCCCNS(=O)(=O)c1cc(Cl)c(Br)s1. The minimum atomic E-state index is -3.47. The van der Waals surface area contributed by atoms with Crippen LogP contribution in [0.3, 0.4) is 0 Å². The normalized spacial score (nSPS) is 11.7. The molecular weight excluding hydrogens is 380 g/mol. The van der Waals surface area contributed by atoms with Crippen molar-refractivity contribution in [3.05, 3.63) is 14.9 Å². The predicted octanol–water partition coefficient (Wildman–Crippen LogP) is 2.90. The second-order valence-corrected chi connectivity index (χ2v) is 8.80. The van der Waals surface area contributed by atoms with Crippen molar-refractivity contribution < 1.29 is 8.42 Å². The van der Waals surface area contributed by atoms with Gasteiger partial charge in [-0.05, 0) is 41.3 Å². The van der Waals surface area contributed by atoms with Crippen LogP contribution in [0.4, 0.5) is 0 Å². The fraction of sp³-hybridized carbons (Fsp3) is 0.444. The van der Waals surface area contributed by atoms with Gasteiger partial charge in [0.1, 0.15) is 4.21 Å². The lowest BCUT2D eigenvalue weighted by Crippen LogP contribution is -2.24. The van der Waals surface area contributed by atoms with E-state index >= 15 is 0 Å². The largest absolute Gasteiger partial charge is 0.393 e. The lowest BCUT2D eigenvalue weighted by Gasteiger charge is -2.04. The molecule has 0 spiro atoms. The predicted molar refractivity (Wildman–Crippen MR) is 82.9 cm³/mol. The van der Waals surface area contributed by atoms with E-state index in [1.165, 1.54) is 6.07 Å². The minimum absolute atomic E-state index is 0.203. The number of hydrogen-bond donors (Lipinski definition) is 2. The third-order valence-electron chi connectivity index (χ3n) is 2.03. The quantitative estimate of drug-likeness (QED) is 0.554. The molecule has 0 saturated carbocycles. The first-order valence-corrected chi connectivity index (χ1v) is 8.93. The van der Waals surface area contributed by atoms with Crippen LogP contribution in [0.25, 0.3) is 0 Å². The van der Waals surface area contributed by atoms with E-state index in [-0.39, 0.29) is 4.21 Å². The lowest BCUT2D eigenvalue weighted by atomic mass is 10.2. The van der Waals surface area contributed by atoms with E-state index in [4.69, 9.17) is 29.6 Å². The molecule has 1 aromatic heterocycles. The van der Waals surface area contributed by atoms with Crippen LogP contribution in [0.15, 0.2) is 14.1 Å². The fourth-order valence-corrected chi connectivity index (χ4v) is 4.82. The zero-order chi connectivity index (χ0) is 13.8. The molecule has 102 valence electrons. The molecule has 0 saturated heterocycles. The number of nitrogens with one attached hydrogen (secondary N) is 1. The second-order valence-electron chi connectivity index (χ2n) is 3.51. The van der Waals surface area contributed by atoms with Gasteiger partial charge >= 0.3 is 0 Å². The topological polar surface area (TPSA) is 72.2 Å². The maximum atomic E-state index is 11.9. The lowest BCUT2D eigenvalue weighted by molar-refractivity contribution is 0.579. The first-order valence-electron chi connectivity index (χ1n) is 5.06. The van der Waals surface area contributed by atoms with Crippen molar-refractivity contribution in [3.63, 3.8) is 0 Å². The Bertz CT molecular complexity index is 510. The van der Waals surface area contributed by atoms with Crippen molar-refractivity contribution in [1.82, 2.24) is 4.72 Å². The molecule has 18 heavy (non-hydrogen) atoms. The number of thiophene rings is 1. The molecule has 1 heterocycles. The number of sulfonamides is 1. The zero-order valence-electron chi connectivity index (χ0n) is 9.28. The second kappa shape index (κ2) is 7.16. The standard InChI is InChI=1S/C9H12BrClN2O2S3/c10-9-6(11)5-8(17-9)18(14,15)13-4-2-1-3-7(12)16/h5,13H,1-4H2,(H2,12,16). The van der Waals surface area contributed by atoms with Gasteiger partial charge in [-0.25, -0.2) is 13.1 Å². The van der Waals surface area contributed by atoms with E-state index in [9.17, 15) is 8.42 Å². The number of rotatable bonds is 7. The smallest absolute Gasteiger partial charge is 0.250 e. The first-order chi connectivity index (χ1) is 8.33. The van der Waals surface area contributed by atoms with Gasteiger partial charge in [0.05, 0.1) is 13.8 Å². The summed E-state index contributed by atoms with van der Waals surface area (Å²) < 4.78 is 27.0. The molecule has 0 atom stereocenters. The van der Waals surface area contributed by atoms with E-state index in [1.807, 2.05) is 0 Å². The summed E-state index contributed by atoms with van der Waals surface area (Å²) in [6.45, 7) is 0.359. The highest BCUT2D eigenvalue weighted by molar-refractivity contribution is 9.11. The molecule has 1 aromatic rings. The number of halogens is 2. The Kier molecular flexibility index (Phi) is 6.49. The molecule has 0 fully saturated rings. The van der Waals surface area contributed by atoms with Crippen LogP contribution in [0.5, 0.6) is 0 Å². The molecule has 9 heteroatoms. The van der Waals surface area contributed by atoms with Crippen molar-refractivity contribution >= 4 is 66.1 Å². The van der Waals surface area contributed by atoms with E-state index < -0.39 is 10.0 Å². The van der Waals surface area contributed by atoms with E-state index in [0.717, 1.165) is 17.8 Å². The average Bonchev–Trinajstić information content (AvgIpc) is 2.59. The fourth-order valence-electron chi connectivity index (χ4n) is 1.16. The van der Waals surface area contributed by atoms with Crippen molar-refractivity contribution in [3.8, 4) is 0 Å². The van der Waals surface area contributed by atoms with Crippen LogP contribution in [-0.4, -0.2) is 20.0 Å².